The molecule has 1 amide bonds. The van der Waals surface area contributed by atoms with Gasteiger partial charge in [-0.3, -0.25) is 4.79 Å². The first-order valence-corrected chi connectivity index (χ1v) is 10.8. The molecule has 31 heavy (non-hydrogen) atoms. The van der Waals surface area contributed by atoms with Crippen LogP contribution in [0, 0.1) is 0 Å². The Hall–Kier alpha value is -3.06. The Morgan fingerprint density at radius 1 is 1.13 bits per heavy atom. The van der Waals surface area contributed by atoms with Gasteiger partial charge >= 0.3 is 0 Å². The number of aryl methyl sites for hydroxylation is 1. The molecule has 0 bridgehead atoms. The van der Waals surface area contributed by atoms with Crippen molar-refractivity contribution in [3.63, 3.8) is 0 Å². The molecule has 0 radical (unpaired) electrons. The summed E-state index contributed by atoms with van der Waals surface area (Å²) >= 11 is 6.09. The van der Waals surface area contributed by atoms with Gasteiger partial charge in [-0.05, 0) is 48.9 Å². The first-order valence-electron chi connectivity index (χ1n) is 10.4. The molecule has 162 valence electrons. The Kier molecular flexibility index (Phi) is 6.72. The second-order valence-corrected chi connectivity index (χ2v) is 7.88. The number of carbonyl (C=O) groups is 1. The van der Waals surface area contributed by atoms with Crippen molar-refractivity contribution in [3.8, 4) is 17.1 Å². The average molecular weight is 441 g/mol. The first kappa shape index (κ1) is 21.2. The Balaban J connectivity index is 1.22. The van der Waals surface area contributed by atoms with Crippen LogP contribution in [-0.2, 0) is 11.2 Å². The lowest BCUT2D eigenvalue weighted by Crippen LogP contribution is -2.48. The van der Waals surface area contributed by atoms with E-state index in [-0.39, 0.29) is 5.91 Å². The number of nitrogens with zero attached hydrogens (tertiary/aromatic N) is 4. The van der Waals surface area contributed by atoms with Gasteiger partial charge < -0.3 is 19.1 Å². The monoisotopic (exact) mass is 440 g/mol. The number of aromatic nitrogens is 2. The van der Waals surface area contributed by atoms with Gasteiger partial charge in [0.1, 0.15) is 5.75 Å². The van der Waals surface area contributed by atoms with Crippen molar-refractivity contribution < 1.29 is 14.1 Å². The van der Waals surface area contributed by atoms with E-state index < -0.39 is 0 Å². The lowest BCUT2D eigenvalue weighted by atomic mass is 10.2. The van der Waals surface area contributed by atoms with Crippen LogP contribution in [0.25, 0.3) is 11.4 Å². The van der Waals surface area contributed by atoms with E-state index in [0.717, 1.165) is 35.1 Å². The number of hydrogen-bond acceptors (Lipinski definition) is 6. The fraction of sp³-hybridized carbons (Fsp3) is 0.348. The fourth-order valence-electron chi connectivity index (χ4n) is 3.65. The number of methoxy groups -OCH3 is 1. The number of piperazine rings is 1. The predicted octanol–water partition coefficient (Wildman–Crippen LogP) is 4.07. The molecule has 3 aromatic rings. The highest BCUT2D eigenvalue weighted by Crippen LogP contribution is 2.22. The predicted molar refractivity (Wildman–Crippen MR) is 119 cm³/mol. The van der Waals surface area contributed by atoms with E-state index in [2.05, 4.69) is 15.0 Å². The van der Waals surface area contributed by atoms with Crippen molar-refractivity contribution in [3.05, 3.63) is 59.4 Å². The molecule has 1 fully saturated rings. The van der Waals surface area contributed by atoms with Gasteiger partial charge in [0.15, 0.2) is 0 Å². The van der Waals surface area contributed by atoms with E-state index >= 15 is 0 Å². The molecule has 1 aromatic heterocycles. The van der Waals surface area contributed by atoms with Crippen LogP contribution in [0.1, 0.15) is 18.7 Å². The third kappa shape index (κ3) is 5.35. The Morgan fingerprint density at radius 2 is 1.90 bits per heavy atom. The van der Waals surface area contributed by atoms with Gasteiger partial charge in [0.25, 0.3) is 0 Å². The lowest BCUT2D eigenvalue weighted by molar-refractivity contribution is -0.131. The molecule has 0 unspecified atom stereocenters. The van der Waals surface area contributed by atoms with Gasteiger partial charge in [0.2, 0.25) is 17.6 Å². The maximum Gasteiger partial charge on any atom is 0.226 e. The number of amides is 1. The summed E-state index contributed by atoms with van der Waals surface area (Å²) in [5.74, 6) is 2.03. The third-order valence-electron chi connectivity index (χ3n) is 5.40. The molecule has 0 atom stereocenters. The zero-order valence-corrected chi connectivity index (χ0v) is 18.2. The fourth-order valence-corrected chi connectivity index (χ4v) is 3.83. The molecule has 2 aromatic carbocycles. The van der Waals surface area contributed by atoms with Crippen LogP contribution >= 0.6 is 11.6 Å². The molecule has 7 nitrogen and oxygen atoms in total. The Labute approximate surface area is 186 Å². The maximum atomic E-state index is 12.6. The number of anilines is 1. The van der Waals surface area contributed by atoms with Crippen molar-refractivity contribution in [1.82, 2.24) is 15.0 Å². The van der Waals surface area contributed by atoms with Crippen LogP contribution in [0.5, 0.6) is 5.75 Å². The van der Waals surface area contributed by atoms with Crippen LogP contribution in [-0.4, -0.2) is 54.2 Å². The summed E-state index contributed by atoms with van der Waals surface area (Å²) in [6, 6.07) is 15.3. The summed E-state index contributed by atoms with van der Waals surface area (Å²) in [6.07, 6.45) is 1.73. The topological polar surface area (TPSA) is 71.7 Å². The molecule has 1 aliphatic rings. The van der Waals surface area contributed by atoms with Crippen LogP contribution in [0.3, 0.4) is 0 Å². The van der Waals surface area contributed by atoms with Crippen molar-refractivity contribution in [1.29, 1.82) is 0 Å². The molecule has 0 spiro atoms. The van der Waals surface area contributed by atoms with E-state index in [0.29, 0.717) is 44.1 Å². The Morgan fingerprint density at radius 3 is 2.61 bits per heavy atom. The van der Waals surface area contributed by atoms with Crippen molar-refractivity contribution in [2.75, 3.05) is 38.2 Å². The highest BCUT2D eigenvalue weighted by molar-refractivity contribution is 6.30. The smallest absolute Gasteiger partial charge is 0.226 e. The zero-order chi connectivity index (χ0) is 21.6. The quantitative estimate of drug-likeness (QED) is 0.551. The highest BCUT2D eigenvalue weighted by atomic mass is 35.5. The first-order chi connectivity index (χ1) is 15.1. The van der Waals surface area contributed by atoms with Crippen LogP contribution in [0.4, 0.5) is 5.69 Å². The minimum Gasteiger partial charge on any atom is -0.497 e. The molecular formula is C23H25ClN4O3. The van der Waals surface area contributed by atoms with Crippen molar-refractivity contribution in [2.24, 2.45) is 0 Å². The number of rotatable bonds is 7. The number of hydrogen-bond donors (Lipinski definition) is 0. The van der Waals surface area contributed by atoms with Gasteiger partial charge in [-0.25, -0.2) is 0 Å². The van der Waals surface area contributed by atoms with E-state index in [1.54, 1.807) is 7.11 Å². The van der Waals surface area contributed by atoms with Gasteiger partial charge in [0, 0.05) is 55.3 Å². The molecule has 2 heterocycles. The van der Waals surface area contributed by atoms with Crippen molar-refractivity contribution >= 4 is 23.2 Å². The molecule has 0 N–H and O–H groups in total. The van der Waals surface area contributed by atoms with Gasteiger partial charge in [-0.1, -0.05) is 22.8 Å². The molecule has 1 saturated heterocycles. The normalized spacial score (nSPS) is 14.0. The second-order valence-electron chi connectivity index (χ2n) is 7.44. The summed E-state index contributed by atoms with van der Waals surface area (Å²) in [6.45, 7) is 3.04. The van der Waals surface area contributed by atoms with Crippen molar-refractivity contribution in [2.45, 2.75) is 19.3 Å². The van der Waals surface area contributed by atoms with Crippen LogP contribution in [0.15, 0.2) is 53.1 Å². The lowest BCUT2D eigenvalue weighted by Gasteiger charge is -2.36. The minimum atomic E-state index is 0.167. The van der Waals surface area contributed by atoms with Gasteiger partial charge in [0.05, 0.1) is 7.11 Å². The molecular weight excluding hydrogens is 416 g/mol. The van der Waals surface area contributed by atoms with E-state index in [1.807, 2.05) is 53.4 Å². The Bertz CT molecular complexity index is 1010. The SMILES string of the molecule is COc1ccc(-c2noc(CCCC(=O)N3CCN(c4cccc(Cl)c4)CC3)n2)cc1. The number of halogens is 1. The molecule has 8 heteroatoms. The minimum absolute atomic E-state index is 0.167. The summed E-state index contributed by atoms with van der Waals surface area (Å²) < 4.78 is 10.5. The number of carbonyl (C=O) groups excluding carboxylic acids is 1. The second kappa shape index (κ2) is 9.83. The molecule has 1 aliphatic heterocycles. The summed E-state index contributed by atoms with van der Waals surface area (Å²) in [4.78, 5) is 21.2. The summed E-state index contributed by atoms with van der Waals surface area (Å²) in [7, 11) is 1.63. The molecule has 4 rings (SSSR count). The van der Waals surface area contributed by atoms with Crippen LogP contribution < -0.4 is 9.64 Å². The van der Waals surface area contributed by atoms with E-state index in [9.17, 15) is 4.79 Å². The number of ether oxygens (including phenoxy) is 1. The zero-order valence-electron chi connectivity index (χ0n) is 17.5. The average Bonchev–Trinajstić information content (AvgIpc) is 3.28. The van der Waals surface area contributed by atoms with Gasteiger partial charge in [-0.15, -0.1) is 0 Å². The summed E-state index contributed by atoms with van der Waals surface area (Å²) in [5.41, 5.74) is 1.97. The largest absolute Gasteiger partial charge is 0.497 e. The van der Waals surface area contributed by atoms with E-state index in [1.165, 1.54) is 0 Å². The molecule has 0 saturated carbocycles. The number of benzene rings is 2. The standard InChI is InChI=1S/C23H25ClN4O3/c1-30-20-10-8-17(9-11-20)23-25-21(31-26-23)6-3-7-22(29)28-14-12-27(13-15-28)19-5-2-4-18(24)16-19/h2,4-5,8-11,16H,3,6-7,12-15H2,1H3. The third-order valence-corrected chi connectivity index (χ3v) is 5.64. The molecule has 0 aliphatic carbocycles. The summed E-state index contributed by atoms with van der Waals surface area (Å²) in [5, 5.41) is 4.76. The van der Waals surface area contributed by atoms with Gasteiger partial charge in [-0.2, -0.15) is 4.98 Å². The highest BCUT2D eigenvalue weighted by Gasteiger charge is 2.21. The maximum absolute atomic E-state index is 12.6. The van der Waals surface area contributed by atoms with E-state index in [4.69, 9.17) is 20.9 Å². The van der Waals surface area contributed by atoms with Crippen LogP contribution in [0.2, 0.25) is 5.02 Å².